The van der Waals surface area contributed by atoms with Gasteiger partial charge < -0.3 is 10.1 Å². The molecule has 4 nitrogen and oxygen atoms in total. The molecule has 0 bridgehead atoms. The first kappa shape index (κ1) is 16.8. The van der Waals surface area contributed by atoms with E-state index in [1.54, 1.807) is 6.20 Å². The number of nitrogens with one attached hydrogen (secondary N) is 1. The van der Waals surface area contributed by atoms with Gasteiger partial charge in [0.25, 0.3) is 5.91 Å². The molecule has 27 heavy (non-hydrogen) atoms. The number of benzene rings is 3. The Hall–Kier alpha value is -3.66. The number of ether oxygens (including phenoxy) is 1. The SMILES string of the molecule is O=C(COc1ccccc1-c1ccccc1)Nc1cccc2cccnc12. The van der Waals surface area contributed by atoms with Crippen molar-refractivity contribution >= 4 is 22.5 Å². The molecular weight excluding hydrogens is 336 g/mol. The number of carbonyl (C=O) groups is 1. The van der Waals surface area contributed by atoms with E-state index in [1.165, 1.54) is 0 Å². The van der Waals surface area contributed by atoms with Crippen LogP contribution in [-0.2, 0) is 4.79 Å². The van der Waals surface area contributed by atoms with Gasteiger partial charge in [-0.1, -0.05) is 66.7 Å². The van der Waals surface area contributed by atoms with Crippen molar-refractivity contribution in [3.63, 3.8) is 0 Å². The monoisotopic (exact) mass is 354 g/mol. The standard InChI is InChI=1S/C23H18N2O2/c26-22(25-20-13-6-10-18-11-7-15-24-23(18)20)16-27-21-14-5-4-12-19(21)17-8-2-1-3-9-17/h1-15H,16H2,(H,25,26). The van der Waals surface area contributed by atoms with Crippen molar-refractivity contribution in [1.29, 1.82) is 0 Å². The van der Waals surface area contributed by atoms with Crippen LogP contribution >= 0.6 is 0 Å². The Bertz CT molecular complexity index is 1070. The average Bonchev–Trinajstić information content (AvgIpc) is 2.73. The van der Waals surface area contributed by atoms with Gasteiger partial charge in [0.2, 0.25) is 0 Å². The van der Waals surface area contributed by atoms with E-state index < -0.39 is 0 Å². The molecule has 3 aromatic carbocycles. The molecule has 0 atom stereocenters. The summed E-state index contributed by atoms with van der Waals surface area (Å²) in [6, 6.07) is 27.2. The summed E-state index contributed by atoms with van der Waals surface area (Å²) in [5.74, 6) is 0.450. The quantitative estimate of drug-likeness (QED) is 0.553. The summed E-state index contributed by atoms with van der Waals surface area (Å²) >= 11 is 0. The Morgan fingerprint density at radius 1 is 0.852 bits per heavy atom. The van der Waals surface area contributed by atoms with Gasteiger partial charge in [0, 0.05) is 17.1 Å². The third-order valence-corrected chi connectivity index (χ3v) is 4.24. The van der Waals surface area contributed by atoms with Gasteiger partial charge in [-0.05, 0) is 23.8 Å². The third-order valence-electron chi connectivity index (χ3n) is 4.24. The lowest BCUT2D eigenvalue weighted by Crippen LogP contribution is -2.20. The first-order valence-electron chi connectivity index (χ1n) is 8.72. The zero-order valence-electron chi connectivity index (χ0n) is 14.6. The predicted molar refractivity (Wildman–Crippen MR) is 108 cm³/mol. The summed E-state index contributed by atoms with van der Waals surface area (Å²) in [6.45, 7) is -0.0763. The molecule has 4 aromatic rings. The molecule has 1 N–H and O–H groups in total. The Labute approximate surface area is 157 Å². The van der Waals surface area contributed by atoms with E-state index in [1.807, 2.05) is 84.9 Å². The molecule has 1 amide bonds. The molecule has 132 valence electrons. The molecule has 0 aliphatic heterocycles. The van der Waals surface area contributed by atoms with Gasteiger partial charge in [-0.3, -0.25) is 9.78 Å². The van der Waals surface area contributed by atoms with Crippen molar-refractivity contribution < 1.29 is 9.53 Å². The molecule has 4 rings (SSSR count). The third kappa shape index (κ3) is 3.80. The predicted octanol–water partition coefficient (Wildman–Crippen LogP) is 4.92. The second-order valence-corrected chi connectivity index (χ2v) is 6.08. The number of fused-ring (bicyclic) bond motifs is 1. The van der Waals surface area contributed by atoms with Crippen LogP contribution in [0.15, 0.2) is 91.1 Å². The highest BCUT2D eigenvalue weighted by atomic mass is 16.5. The Morgan fingerprint density at radius 3 is 2.52 bits per heavy atom. The Balaban J connectivity index is 1.49. The van der Waals surface area contributed by atoms with Gasteiger partial charge in [0.05, 0.1) is 11.2 Å². The summed E-state index contributed by atoms with van der Waals surface area (Å²) in [7, 11) is 0. The maximum Gasteiger partial charge on any atom is 0.262 e. The van der Waals surface area contributed by atoms with Crippen LogP contribution in [0.5, 0.6) is 5.75 Å². The van der Waals surface area contributed by atoms with Gasteiger partial charge in [-0.25, -0.2) is 0 Å². The number of pyridine rings is 1. The molecule has 0 saturated carbocycles. The van der Waals surface area contributed by atoms with E-state index in [0.29, 0.717) is 11.4 Å². The van der Waals surface area contributed by atoms with Crippen molar-refractivity contribution in [1.82, 2.24) is 4.98 Å². The zero-order chi connectivity index (χ0) is 18.5. The molecule has 0 radical (unpaired) electrons. The van der Waals surface area contributed by atoms with Gasteiger partial charge in [-0.15, -0.1) is 0 Å². The largest absolute Gasteiger partial charge is 0.483 e. The summed E-state index contributed by atoms with van der Waals surface area (Å²) in [5.41, 5.74) is 3.44. The number of amides is 1. The number of hydrogen-bond acceptors (Lipinski definition) is 3. The molecule has 0 aliphatic rings. The summed E-state index contributed by atoms with van der Waals surface area (Å²) in [4.78, 5) is 16.8. The highest BCUT2D eigenvalue weighted by Gasteiger charge is 2.10. The fourth-order valence-corrected chi connectivity index (χ4v) is 2.98. The van der Waals surface area contributed by atoms with Crippen LogP contribution in [0.3, 0.4) is 0 Å². The average molecular weight is 354 g/mol. The first-order valence-corrected chi connectivity index (χ1v) is 8.72. The molecule has 1 aromatic heterocycles. The topological polar surface area (TPSA) is 51.2 Å². The zero-order valence-corrected chi connectivity index (χ0v) is 14.6. The lowest BCUT2D eigenvalue weighted by Gasteiger charge is -2.12. The van der Waals surface area contributed by atoms with Crippen molar-refractivity contribution in [2.75, 3.05) is 11.9 Å². The summed E-state index contributed by atoms with van der Waals surface area (Å²) in [6.07, 6.45) is 1.71. The highest BCUT2D eigenvalue weighted by Crippen LogP contribution is 2.29. The van der Waals surface area contributed by atoms with Gasteiger partial charge in [0.15, 0.2) is 6.61 Å². The lowest BCUT2D eigenvalue weighted by atomic mass is 10.1. The fourth-order valence-electron chi connectivity index (χ4n) is 2.98. The minimum absolute atomic E-state index is 0.0763. The molecule has 0 spiro atoms. The van der Waals surface area contributed by atoms with Crippen LogP contribution in [0.25, 0.3) is 22.0 Å². The second-order valence-electron chi connectivity index (χ2n) is 6.08. The molecular formula is C23H18N2O2. The second kappa shape index (κ2) is 7.70. The van der Waals surface area contributed by atoms with Crippen molar-refractivity contribution in [2.45, 2.75) is 0 Å². The van der Waals surface area contributed by atoms with Gasteiger partial charge >= 0.3 is 0 Å². The van der Waals surface area contributed by atoms with Crippen LogP contribution in [0.1, 0.15) is 0 Å². The number of hydrogen-bond donors (Lipinski definition) is 1. The van der Waals surface area contributed by atoms with E-state index in [4.69, 9.17) is 4.74 Å². The van der Waals surface area contributed by atoms with E-state index in [-0.39, 0.29) is 12.5 Å². The molecule has 4 heteroatoms. The Morgan fingerprint density at radius 2 is 1.63 bits per heavy atom. The lowest BCUT2D eigenvalue weighted by molar-refractivity contribution is -0.118. The number of rotatable bonds is 5. The number of carbonyl (C=O) groups excluding carboxylic acids is 1. The van der Waals surface area contributed by atoms with Crippen LogP contribution in [-0.4, -0.2) is 17.5 Å². The van der Waals surface area contributed by atoms with Crippen LogP contribution < -0.4 is 10.1 Å². The fraction of sp³-hybridized carbons (Fsp3) is 0.0435. The van der Waals surface area contributed by atoms with E-state index in [9.17, 15) is 4.79 Å². The molecule has 0 fully saturated rings. The molecule has 0 unspecified atom stereocenters. The Kier molecular flexibility index (Phi) is 4.79. The number of aromatic nitrogens is 1. The van der Waals surface area contributed by atoms with Crippen molar-refractivity contribution in [3.05, 3.63) is 91.1 Å². The molecule has 1 heterocycles. The first-order chi connectivity index (χ1) is 13.3. The molecule has 0 saturated heterocycles. The van der Waals surface area contributed by atoms with Crippen LogP contribution in [0.4, 0.5) is 5.69 Å². The van der Waals surface area contributed by atoms with Crippen molar-refractivity contribution in [2.24, 2.45) is 0 Å². The van der Waals surface area contributed by atoms with Crippen LogP contribution in [0, 0.1) is 0 Å². The van der Waals surface area contributed by atoms with E-state index in [0.717, 1.165) is 22.0 Å². The van der Waals surface area contributed by atoms with Crippen LogP contribution in [0.2, 0.25) is 0 Å². The van der Waals surface area contributed by atoms with Gasteiger partial charge in [-0.2, -0.15) is 0 Å². The van der Waals surface area contributed by atoms with E-state index in [2.05, 4.69) is 10.3 Å². The summed E-state index contributed by atoms with van der Waals surface area (Å²) < 4.78 is 5.81. The molecule has 0 aliphatic carbocycles. The van der Waals surface area contributed by atoms with Crippen molar-refractivity contribution in [3.8, 4) is 16.9 Å². The number of anilines is 1. The van der Waals surface area contributed by atoms with Gasteiger partial charge in [0.1, 0.15) is 5.75 Å². The minimum atomic E-state index is -0.226. The van der Waals surface area contributed by atoms with E-state index >= 15 is 0 Å². The number of nitrogens with zero attached hydrogens (tertiary/aromatic N) is 1. The maximum atomic E-state index is 12.4. The summed E-state index contributed by atoms with van der Waals surface area (Å²) in [5, 5.41) is 3.87. The minimum Gasteiger partial charge on any atom is -0.483 e. The smallest absolute Gasteiger partial charge is 0.262 e. The normalized spacial score (nSPS) is 10.5. The number of para-hydroxylation sites is 2. The maximum absolute atomic E-state index is 12.4. The highest BCUT2D eigenvalue weighted by molar-refractivity contribution is 6.00.